The van der Waals surface area contributed by atoms with Crippen molar-refractivity contribution < 1.29 is 4.74 Å². The normalized spacial score (nSPS) is 21.3. The van der Waals surface area contributed by atoms with E-state index in [1.807, 2.05) is 4.57 Å². The Morgan fingerprint density at radius 1 is 0.969 bits per heavy atom. The lowest BCUT2D eigenvalue weighted by Crippen LogP contribution is -2.45. The fourth-order valence-corrected chi connectivity index (χ4v) is 7.11. The number of nitrogens with zero attached hydrogens (tertiary/aromatic N) is 4. The van der Waals surface area contributed by atoms with Crippen molar-refractivity contribution in [3.8, 4) is 0 Å². The minimum atomic E-state index is -0.0910. The fraction of sp³-hybridized carbons (Fsp3) is 0.750. The first-order valence-corrected chi connectivity index (χ1v) is 13.3. The van der Waals surface area contributed by atoms with Crippen molar-refractivity contribution in [1.82, 2.24) is 18.9 Å². The Morgan fingerprint density at radius 2 is 1.75 bits per heavy atom. The molecular formula is C24H36N4O3S. The Labute approximate surface area is 193 Å². The summed E-state index contributed by atoms with van der Waals surface area (Å²) in [5.41, 5.74) is 1.10. The fourth-order valence-electron chi connectivity index (χ4n) is 5.71. The molecular weight excluding hydrogens is 424 g/mol. The van der Waals surface area contributed by atoms with Gasteiger partial charge in [0.1, 0.15) is 4.83 Å². The molecule has 0 radical (unpaired) electrons. The summed E-state index contributed by atoms with van der Waals surface area (Å²) in [5.74, 6) is 0. The van der Waals surface area contributed by atoms with Gasteiger partial charge in [0.15, 0.2) is 0 Å². The average Bonchev–Trinajstić information content (AvgIpc) is 3.19. The van der Waals surface area contributed by atoms with Gasteiger partial charge in [0.25, 0.3) is 5.56 Å². The van der Waals surface area contributed by atoms with Crippen molar-refractivity contribution in [3.05, 3.63) is 31.3 Å². The summed E-state index contributed by atoms with van der Waals surface area (Å²) in [5, 5.41) is 0.841. The first-order chi connectivity index (χ1) is 15.7. The predicted octanol–water partition coefficient (Wildman–Crippen LogP) is 2.83. The maximum absolute atomic E-state index is 13.8. The van der Waals surface area contributed by atoms with Gasteiger partial charge in [-0.25, -0.2) is 4.79 Å². The van der Waals surface area contributed by atoms with Crippen molar-refractivity contribution in [2.75, 3.05) is 45.9 Å². The molecule has 0 aromatic carbocycles. The van der Waals surface area contributed by atoms with Crippen LogP contribution in [0.1, 0.15) is 61.9 Å². The summed E-state index contributed by atoms with van der Waals surface area (Å²) in [4.78, 5) is 34.5. The molecule has 4 heterocycles. The third-order valence-electron chi connectivity index (χ3n) is 7.46. The summed E-state index contributed by atoms with van der Waals surface area (Å²) in [7, 11) is 0. The number of hydrogen-bond acceptors (Lipinski definition) is 6. The predicted molar refractivity (Wildman–Crippen MR) is 129 cm³/mol. The monoisotopic (exact) mass is 460 g/mol. The number of aromatic nitrogens is 2. The van der Waals surface area contributed by atoms with Gasteiger partial charge in [-0.2, -0.15) is 0 Å². The Hall–Kier alpha value is -1.48. The molecule has 3 aliphatic rings. The first-order valence-electron chi connectivity index (χ1n) is 12.5. The molecule has 0 bridgehead atoms. The Balaban J connectivity index is 1.59. The lowest BCUT2D eigenvalue weighted by molar-refractivity contribution is 0.0363. The minimum Gasteiger partial charge on any atom is -0.379 e. The molecule has 0 N–H and O–H groups in total. The van der Waals surface area contributed by atoms with Gasteiger partial charge in [-0.3, -0.25) is 23.7 Å². The standard InChI is InChI=1S/C24H36N4O3S/c1-2-9-26-10-8-19-20(17-26)32-23-21(19)22(29)28(18-6-4-3-5-7-18)24(30)27(23)12-11-25-13-15-31-16-14-25/h18H,2-17H2,1H3. The van der Waals surface area contributed by atoms with E-state index in [2.05, 4.69) is 16.7 Å². The molecule has 0 unspecified atom stereocenters. The minimum absolute atomic E-state index is 0.0269. The molecule has 7 nitrogen and oxygen atoms in total. The molecule has 0 amide bonds. The lowest BCUT2D eigenvalue weighted by Gasteiger charge is -2.28. The molecule has 5 rings (SSSR count). The smallest absolute Gasteiger partial charge is 0.332 e. The van der Waals surface area contributed by atoms with Gasteiger partial charge in [-0.05, 0) is 37.8 Å². The van der Waals surface area contributed by atoms with Gasteiger partial charge < -0.3 is 4.74 Å². The number of thiophene rings is 1. The highest BCUT2D eigenvalue weighted by Crippen LogP contribution is 2.34. The van der Waals surface area contributed by atoms with Gasteiger partial charge in [0.05, 0.1) is 18.6 Å². The Kier molecular flexibility index (Phi) is 6.83. The quantitative estimate of drug-likeness (QED) is 0.664. The van der Waals surface area contributed by atoms with Gasteiger partial charge in [-0.1, -0.05) is 26.2 Å². The van der Waals surface area contributed by atoms with Crippen LogP contribution in [0.2, 0.25) is 0 Å². The molecule has 2 aromatic rings. The molecule has 1 aliphatic carbocycles. The van der Waals surface area contributed by atoms with Crippen LogP contribution in [0.3, 0.4) is 0 Å². The van der Waals surface area contributed by atoms with E-state index in [1.165, 1.54) is 16.9 Å². The van der Waals surface area contributed by atoms with Crippen molar-refractivity contribution in [2.45, 2.75) is 71.0 Å². The molecule has 2 aromatic heterocycles. The Morgan fingerprint density at radius 3 is 2.50 bits per heavy atom. The van der Waals surface area contributed by atoms with Crippen LogP contribution in [0.15, 0.2) is 9.59 Å². The van der Waals surface area contributed by atoms with E-state index in [0.29, 0.717) is 6.54 Å². The topological polar surface area (TPSA) is 59.7 Å². The van der Waals surface area contributed by atoms with Crippen LogP contribution in [0.25, 0.3) is 10.2 Å². The number of ether oxygens (including phenoxy) is 1. The molecule has 2 aliphatic heterocycles. The van der Waals surface area contributed by atoms with Crippen molar-refractivity contribution in [1.29, 1.82) is 0 Å². The molecule has 32 heavy (non-hydrogen) atoms. The van der Waals surface area contributed by atoms with Crippen molar-refractivity contribution in [3.63, 3.8) is 0 Å². The summed E-state index contributed by atoms with van der Waals surface area (Å²) < 4.78 is 9.07. The largest absolute Gasteiger partial charge is 0.379 e. The van der Waals surface area contributed by atoms with E-state index in [1.54, 1.807) is 15.9 Å². The molecule has 1 saturated carbocycles. The third-order valence-corrected chi connectivity index (χ3v) is 8.70. The van der Waals surface area contributed by atoms with Crippen LogP contribution in [-0.2, 0) is 24.2 Å². The van der Waals surface area contributed by atoms with Gasteiger partial charge in [-0.15, -0.1) is 11.3 Å². The van der Waals surface area contributed by atoms with Crippen molar-refractivity contribution >= 4 is 21.6 Å². The zero-order valence-electron chi connectivity index (χ0n) is 19.3. The molecule has 1 saturated heterocycles. The van der Waals surface area contributed by atoms with E-state index >= 15 is 0 Å². The zero-order chi connectivity index (χ0) is 22.1. The molecule has 2 fully saturated rings. The maximum atomic E-state index is 13.8. The highest BCUT2D eigenvalue weighted by molar-refractivity contribution is 7.18. The number of morpholine rings is 1. The van der Waals surface area contributed by atoms with Crippen LogP contribution in [0, 0.1) is 0 Å². The number of fused-ring (bicyclic) bond motifs is 3. The highest BCUT2D eigenvalue weighted by Gasteiger charge is 2.28. The number of hydrogen-bond donors (Lipinski definition) is 0. The van der Waals surface area contributed by atoms with Crippen LogP contribution >= 0.6 is 11.3 Å². The van der Waals surface area contributed by atoms with E-state index in [9.17, 15) is 9.59 Å². The van der Waals surface area contributed by atoms with E-state index in [4.69, 9.17) is 4.74 Å². The molecule has 8 heteroatoms. The van der Waals surface area contributed by atoms with Crippen LogP contribution in [0.5, 0.6) is 0 Å². The van der Waals surface area contributed by atoms with Gasteiger partial charge in [0.2, 0.25) is 0 Å². The van der Waals surface area contributed by atoms with Gasteiger partial charge in [0, 0.05) is 50.2 Å². The molecule has 176 valence electrons. The second-order valence-corrected chi connectivity index (χ2v) is 10.6. The summed E-state index contributed by atoms with van der Waals surface area (Å²) >= 11 is 1.69. The maximum Gasteiger partial charge on any atom is 0.332 e. The SMILES string of the molecule is CCCN1CCc2c(sc3c2c(=O)n(C2CCCCC2)c(=O)n3CCN2CCOCC2)C1. The average molecular weight is 461 g/mol. The lowest BCUT2D eigenvalue weighted by atomic mass is 9.95. The number of rotatable bonds is 6. The second kappa shape index (κ2) is 9.79. The van der Waals surface area contributed by atoms with Crippen LogP contribution in [-0.4, -0.2) is 64.9 Å². The Bertz CT molecular complexity index is 1060. The summed E-state index contributed by atoms with van der Waals surface area (Å²) in [6.07, 6.45) is 7.36. The highest BCUT2D eigenvalue weighted by atomic mass is 32.1. The zero-order valence-corrected chi connectivity index (χ0v) is 20.1. The van der Waals surface area contributed by atoms with E-state index in [0.717, 1.165) is 101 Å². The first kappa shape index (κ1) is 22.3. The van der Waals surface area contributed by atoms with Crippen LogP contribution < -0.4 is 11.2 Å². The second-order valence-electron chi connectivity index (χ2n) is 9.57. The third kappa shape index (κ3) is 4.22. The summed E-state index contributed by atoms with van der Waals surface area (Å²) in [6.45, 7) is 10.0. The van der Waals surface area contributed by atoms with Crippen LogP contribution in [0.4, 0.5) is 0 Å². The molecule has 0 spiro atoms. The van der Waals surface area contributed by atoms with Crippen molar-refractivity contribution in [2.24, 2.45) is 0 Å². The summed E-state index contributed by atoms with van der Waals surface area (Å²) in [6, 6.07) is 0.0542. The van der Waals surface area contributed by atoms with E-state index < -0.39 is 0 Å². The van der Waals surface area contributed by atoms with E-state index in [-0.39, 0.29) is 17.3 Å². The molecule has 0 atom stereocenters. The van der Waals surface area contributed by atoms with Gasteiger partial charge >= 0.3 is 5.69 Å².